The predicted molar refractivity (Wildman–Crippen MR) is 73.3 cm³/mol. The van der Waals surface area contributed by atoms with Gasteiger partial charge in [0.25, 0.3) is 0 Å². The minimum absolute atomic E-state index is 0.0232. The zero-order chi connectivity index (χ0) is 14.3. The van der Waals surface area contributed by atoms with Crippen LogP contribution in [-0.4, -0.2) is 58.8 Å². The van der Waals surface area contributed by atoms with Gasteiger partial charge in [0.05, 0.1) is 12.9 Å². The Balaban J connectivity index is 2.24. The fraction of sp³-hybridized carbons (Fsp3) is 0.917. The topological polar surface area (TPSA) is 75.7 Å². The fourth-order valence-electron chi connectivity index (χ4n) is 2.27. The molecule has 112 valence electrons. The van der Waals surface area contributed by atoms with Crippen LogP contribution >= 0.6 is 0 Å². The lowest BCUT2D eigenvalue weighted by atomic mass is 9.99. The van der Waals surface area contributed by atoms with Gasteiger partial charge in [-0.15, -0.1) is 0 Å². The van der Waals surface area contributed by atoms with Gasteiger partial charge >= 0.3 is 5.97 Å². The summed E-state index contributed by atoms with van der Waals surface area (Å²) in [4.78, 5) is 13.1. The van der Waals surface area contributed by atoms with Crippen LogP contribution in [0.4, 0.5) is 0 Å². The highest BCUT2D eigenvalue weighted by molar-refractivity contribution is 7.89. The molecule has 0 radical (unpaired) electrons. The third-order valence-corrected chi connectivity index (χ3v) is 4.77. The van der Waals surface area contributed by atoms with Gasteiger partial charge in [0.15, 0.2) is 0 Å². The van der Waals surface area contributed by atoms with E-state index in [0.717, 1.165) is 25.9 Å². The molecule has 1 heterocycles. The maximum atomic E-state index is 11.7. The van der Waals surface area contributed by atoms with Gasteiger partial charge in [0, 0.05) is 19.5 Å². The number of esters is 1. The second-order valence-corrected chi connectivity index (χ2v) is 7.04. The largest absolute Gasteiger partial charge is 0.469 e. The number of sulfonamides is 1. The van der Waals surface area contributed by atoms with Crippen LogP contribution in [0, 0.1) is 5.92 Å². The monoisotopic (exact) mass is 292 g/mol. The fourth-order valence-corrected chi connectivity index (χ4v) is 3.42. The molecule has 7 heteroatoms. The number of carbonyl (C=O) groups excluding carboxylic acids is 1. The molecule has 0 bridgehead atoms. The Hall–Kier alpha value is -0.660. The highest BCUT2D eigenvalue weighted by Gasteiger charge is 2.19. The number of hydrogen-bond acceptors (Lipinski definition) is 5. The SMILES string of the molecule is COC(=O)CCCS(=O)(=O)NCC1CCCN(C)C1. The van der Waals surface area contributed by atoms with Crippen molar-refractivity contribution in [2.45, 2.75) is 25.7 Å². The molecule has 1 saturated heterocycles. The van der Waals surface area contributed by atoms with E-state index in [1.165, 1.54) is 7.11 Å². The molecule has 1 atom stereocenters. The van der Waals surface area contributed by atoms with Crippen molar-refractivity contribution in [3.05, 3.63) is 0 Å². The van der Waals surface area contributed by atoms with Crippen LogP contribution in [0.25, 0.3) is 0 Å². The molecule has 19 heavy (non-hydrogen) atoms. The summed E-state index contributed by atoms with van der Waals surface area (Å²) in [5, 5.41) is 0. The second kappa shape index (κ2) is 7.81. The van der Waals surface area contributed by atoms with Gasteiger partial charge < -0.3 is 9.64 Å². The van der Waals surface area contributed by atoms with Crippen molar-refractivity contribution in [2.75, 3.05) is 39.5 Å². The first-order valence-corrected chi connectivity index (χ1v) is 8.31. The second-order valence-electron chi connectivity index (χ2n) is 5.12. The third kappa shape index (κ3) is 6.89. The first kappa shape index (κ1) is 16.4. The molecule has 1 rings (SSSR count). The maximum Gasteiger partial charge on any atom is 0.305 e. The molecule has 1 unspecified atom stereocenters. The van der Waals surface area contributed by atoms with Crippen molar-refractivity contribution in [1.82, 2.24) is 9.62 Å². The van der Waals surface area contributed by atoms with Crippen LogP contribution in [-0.2, 0) is 19.6 Å². The van der Waals surface area contributed by atoms with Crippen LogP contribution in [0.3, 0.4) is 0 Å². The van der Waals surface area contributed by atoms with E-state index in [0.29, 0.717) is 18.9 Å². The van der Waals surface area contributed by atoms with Crippen LogP contribution < -0.4 is 4.72 Å². The number of hydrogen-bond donors (Lipinski definition) is 1. The molecule has 1 aliphatic heterocycles. The van der Waals surface area contributed by atoms with E-state index >= 15 is 0 Å². The van der Waals surface area contributed by atoms with Gasteiger partial charge in [-0.05, 0) is 38.8 Å². The molecular weight excluding hydrogens is 268 g/mol. The van der Waals surface area contributed by atoms with Crippen molar-refractivity contribution < 1.29 is 17.9 Å². The minimum atomic E-state index is -3.28. The smallest absolute Gasteiger partial charge is 0.305 e. The van der Waals surface area contributed by atoms with Crippen molar-refractivity contribution in [3.8, 4) is 0 Å². The summed E-state index contributed by atoms with van der Waals surface area (Å²) < 4.78 is 30.6. The quantitative estimate of drug-likeness (QED) is 0.679. The van der Waals surface area contributed by atoms with Crippen LogP contribution in [0.1, 0.15) is 25.7 Å². The number of carbonyl (C=O) groups is 1. The number of likely N-dealkylation sites (tertiary alicyclic amines) is 1. The van der Waals surface area contributed by atoms with Gasteiger partial charge in [0.1, 0.15) is 0 Å². The standard InChI is InChI=1S/C12H24N2O4S/c1-14-7-3-5-11(10-14)9-13-19(16,17)8-4-6-12(15)18-2/h11,13H,3-10H2,1-2H3. The van der Waals surface area contributed by atoms with Gasteiger partial charge in [-0.25, -0.2) is 13.1 Å². The molecule has 1 N–H and O–H groups in total. The molecule has 0 spiro atoms. The normalized spacial score (nSPS) is 21.3. The molecule has 1 fully saturated rings. The number of piperidine rings is 1. The van der Waals surface area contributed by atoms with E-state index in [2.05, 4.69) is 21.4 Å². The average Bonchev–Trinajstić information content (AvgIpc) is 2.36. The Labute approximate surface area is 115 Å². The lowest BCUT2D eigenvalue weighted by molar-refractivity contribution is -0.140. The van der Waals surface area contributed by atoms with Crippen molar-refractivity contribution in [2.24, 2.45) is 5.92 Å². The van der Waals surface area contributed by atoms with Crippen molar-refractivity contribution in [1.29, 1.82) is 0 Å². The van der Waals surface area contributed by atoms with Gasteiger partial charge in [-0.1, -0.05) is 0 Å². The van der Waals surface area contributed by atoms with Crippen molar-refractivity contribution >= 4 is 16.0 Å². The summed E-state index contributed by atoms with van der Waals surface area (Å²) in [5.41, 5.74) is 0. The zero-order valence-electron chi connectivity index (χ0n) is 11.7. The Morgan fingerprint density at radius 3 is 2.84 bits per heavy atom. The lowest BCUT2D eigenvalue weighted by Crippen LogP contribution is -2.39. The number of rotatable bonds is 7. The molecule has 0 aromatic carbocycles. The molecule has 0 saturated carbocycles. The van der Waals surface area contributed by atoms with Crippen molar-refractivity contribution in [3.63, 3.8) is 0 Å². The number of ether oxygens (including phenoxy) is 1. The number of nitrogens with zero attached hydrogens (tertiary/aromatic N) is 1. The van der Waals surface area contributed by atoms with Gasteiger partial charge in [-0.2, -0.15) is 0 Å². The summed E-state index contributed by atoms with van der Waals surface area (Å²) in [7, 11) is 0.0742. The Morgan fingerprint density at radius 2 is 2.21 bits per heavy atom. The van der Waals surface area contributed by atoms with Gasteiger partial charge in [-0.3, -0.25) is 4.79 Å². The lowest BCUT2D eigenvalue weighted by Gasteiger charge is -2.29. The summed E-state index contributed by atoms with van der Waals surface area (Å²) in [5.74, 6) is -0.0109. The summed E-state index contributed by atoms with van der Waals surface area (Å²) in [6.07, 6.45) is 2.62. The molecule has 0 aliphatic carbocycles. The zero-order valence-corrected chi connectivity index (χ0v) is 12.5. The molecule has 0 amide bonds. The first-order chi connectivity index (χ1) is 8.93. The highest BCUT2D eigenvalue weighted by Crippen LogP contribution is 2.14. The highest BCUT2D eigenvalue weighted by atomic mass is 32.2. The number of methoxy groups -OCH3 is 1. The Kier molecular flexibility index (Phi) is 6.74. The maximum absolute atomic E-state index is 11.7. The van der Waals surface area contributed by atoms with E-state index in [-0.39, 0.29) is 18.1 Å². The number of nitrogens with one attached hydrogen (secondary N) is 1. The molecular formula is C12H24N2O4S. The average molecular weight is 292 g/mol. The van der Waals surface area contributed by atoms with E-state index in [4.69, 9.17) is 0 Å². The summed E-state index contributed by atoms with van der Waals surface area (Å²) in [6, 6.07) is 0. The first-order valence-electron chi connectivity index (χ1n) is 6.65. The van der Waals surface area contributed by atoms with E-state index in [1.54, 1.807) is 0 Å². The molecule has 6 nitrogen and oxygen atoms in total. The summed E-state index contributed by atoms with van der Waals surface area (Å²) in [6.45, 7) is 2.51. The molecule has 0 aromatic heterocycles. The minimum Gasteiger partial charge on any atom is -0.469 e. The van der Waals surface area contributed by atoms with Gasteiger partial charge in [0.2, 0.25) is 10.0 Å². The Morgan fingerprint density at radius 1 is 1.47 bits per heavy atom. The van der Waals surface area contributed by atoms with Crippen LogP contribution in [0.2, 0.25) is 0 Å². The van der Waals surface area contributed by atoms with E-state index in [1.807, 2.05) is 0 Å². The third-order valence-electron chi connectivity index (χ3n) is 3.34. The van der Waals surface area contributed by atoms with E-state index < -0.39 is 10.0 Å². The molecule has 1 aliphatic rings. The van der Waals surface area contributed by atoms with Crippen LogP contribution in [0.15, 0.2) is 0 Å². The predicted octanol–water partition coefficient (Wildman–Crippen LogP) is 0.201. The summed E-state index contributed by atoms with van der Waals surface area (Å²) >= 11 is 0. The van der Waals surface area contributed by atoms with Crippen LogP contribution in [0.5, 0.6) is 0 Å². The molecule has 0 aromatic rings. The Bertz CT molecular complexity index is 383. The van der Waals surface area contributed by atoms with E-state index in [9.17, 15) is 13.2 Å².